The average Bonchev–Trinajstić information content (AvgIpc) is 2.88. The summed E-state index contributed by atoms with van der Waals surface area (Å²) in [7, 11) is 0. The summed E-state index contributed by atoms with van der Waals surface area (Å²) in [5.74, 6) is 0.555. The number of nitrogens with zero attached hydrogens (tertiary/aromatic N) is 1. The average molecular weight is 284 g/mol. The maximum atomic E-state index is 12.0. The quantitative estimate of drug-likeness (QED) is 0.920. The first-order valence-corrected chi connectivity index (χ1v) is 6.79. The van der Waals surface area contributed by atoms with E-state index in [1.54, 1.807) is 17.0 Å². The fourth-order valence-electron chi connectivity index (χ4n) is 2.29. The van der Waals surface area contributed by atoms with Gasteiger partial charge in [-0.15, -0.1) is 0 Å². The Balaban J connectivity index is 1.91. The first kappa shape index (κ1) is 14.2. The lowest BCUT2D eigenvalue weighted by Crippen LogP contribution is -2.40. The molecule has 1 saturated heterocycles. The van der Waals surface area contributed by atoms with Crippen molar-refractivity contribution in [2.45, 2.75) is 25.8 Å². The number of likely N-dealkylation sites (tertiary alicyclic amines) is 1. The lowest BCUT2D eigenvalue weighted by Gasteiger charge is -2.23. The summed E-state index contributed by atoms with van der Waals surface area (Å²) in [6.45, 7) is 2.61. The van der Waals surface area contributed by atoms with E-state index in [9.17, 15) is 9.90 Å². The van der Waals surface area contributed by atoms with Crippen molar-refractivity contribution in [3.63, 3.8) is 0 Å². The summed E-state index contributed by atoms with van der Waals surface area (Å²) >= 11 is 5.93. The lowest BCUT2D eigenvalue weighted by molar-refractivity contribution is -0.134. The molecule has 1 N–H and O–H groups in total. The van der Waals surface area contributed by atoms with E-state index in [-0.39, 0.29) is 25.2 Å². The molecule has 1 aliphatic rings. The molecule has 0 spiro atoms. The Kier molecular flexibility index (Phi) is 4.66. The van der Waals surface area contributed by atoms with Gasteiger partial charge in [-0.1, -0.05) is 11.6 Å². The van der Waals surface area contributed by atoms with Crippen LogP contribution in [0.2, 0.25) is 5.02 Å². The molecule has 0 saturated carbocycles. The van der Waals surface area contributed by atoms with Gasteiger partial charge in [0.2, 0.25) is 0 Å². The summed E-state index contributed by atoms with van der Waals surface area (Å²) < 4.78 is 5.48. The highest BCUT2D eigenvalue weighted by atomic mass is 35.5. The van der Waals surface area contributed by atoms with Gasteiger partial charge in [-0.05, 0) is 43.5 Å². The van der Waals surface area contributed by atoms with Crippen LogP contribution in [0.4, 0.5) is 0 Å². The van der Waals surface area contributed by atoms with Gasteiger partial charge in [-0.2, -0.15) is 0 Å². The van der Waals surface area contributed by atoms with Crippen molar-refractivity contribution in [1.29, 1.82) is 0 Å². The predicted molar refractivity (Wildman–Crippen MR) is 73.5 cm³/mol. The van der Waals surface area contributed by atoms with Crippen molar-refractivity contribution in [1.82, 2.24) is 4.90 Å². The van der Waals surface area contributed by atoms with Crippen molar-refractivity contribution >= 4 is 17.5 Å². The summed E-state index contributed by atoms with van der Waals surface area (Å²) in [6.07, 6.45) is 1.80. The molecule has 1 aliphatic heterocycles. The van der Waals surface area contributed by atoms with Gasteiger partial charge in [0.25, 0.3) is 5.91 Å². The third-order valence-electron chi connectivity index (χ3n) is 3.40. The second-order valence-electron chi connectivity index (χ2n) is 4.77. The maximum Gasteiger partial charge on any atom is 0.260 e. The minimum atomic E-state index is -0.0795. The van der Waals surface area contributed by atoms with Gasteiger partial charge < -0.3 is 14.7 Å². The van der Waals surface area contributed by atoms with Gasteiger partial charge in [-0.25, -0.2) is 0 Å². The van der Waals surface area contributed by atoms with E-state index < -0.39 is 0 Å². The number of hydrogen-bond acceptors (Lipinski definition) is 3. The van der Waals surface area contributed by atoms with Crippen LogP contribution < -0.4 is 4.74 Å². The molecule has 0 aromatic heterocycles. The highest BCUT2D eigenvalue weighted by Gasteiger charge is 2.28. The molecule has 1 atom stereocenters. The minimum absolute atomic E-state index is 0.00241. The molecular formula is C14H18ClNO3. The van der Waals surface area contributed by atoms with Crippen LogP contribution in [0.1, 0.15) is 18.4 Å². The Hall–Kier alpha value is -1.26. The first-order chi connectivity index (χ1) is 9.11. The summed E-state index contributed by atoms with van der Waals surface area (Å²) in [4.78, 5) is 13.7. The Bertz CT molecular complexity index is 464. The number of carbonyl (C=O) groups is 1. The molecule has 19 heavy (non-hydrogen) atoms. The number of aliphatic hydroxyl groups is 1. The van der Waals surface area contributed by atoms with E-state index in [0.29, 0.717) is 17.3 Å². The first-order valence-electron chi connectivity index (χ1n) is 6.41. The third kappa shape index (κ3) is 3.39. The molecular weight excluding hydrogens is 266 g/mol. The fourth-order valence-corrected chi connectivity index (χ4v) is 2.41. The van der Waals surface area contributed by atoms with Crippen LogP contribution in [0, 0.1) is 6.92 Å². The Morgan fingerprint density at radius 3 is 3.05 bits per heavy atom. The fraction of sp³-hybridized carbons (Fsp3) is 0.500. The zero-order valence-corrected chi connectivity index (χ0v) is 11.7. The Morgan fingerprint density at radius 1 is 1.58 bits per heavy atom. The molecule has 1 aromatic carbocycles. The van der Waals surface area contributed by atoms with Crippen LogP contribution in [0.3, 0.4) is 0 Å². The van der Waals surface area contributed by atoms with Gasteiger partial charge in [0.05, 0.1) is 12.6 Å². The van der Waals surface area contributed by atoms with Gasteiger partial charge in [-0.3, -0.25) is 4.79 Å². The maximum absolute atomic E-state index is 12.0. The highest BCUT2D eigenvalue weighted by Crippen LogP contribution is 2.21. The lowest BCUT2D eigenvalue weighted by atomic mass is 10.2. The molecule has 5 heteroatoms. The van der Waals surface area contributed by atoms with Crippen LogP contribution in [-0.4, -0.2) is 41.7 Å². The number of hydrogen-bond donors (Lipinski definition) is 1. The third-order valence-corrected chi connectivity index (χ3v) is 3.82. The standard InChI is InChI=1S/C14H18ClNO3/c1-10-7-12(4-5-13(10)15)19-9-14(18)16-6-2-3-11(16)8-17/h4-5,7,11,17H,2-3,6,8-9H2,1H3/t11-/m0/s1. The van der Waals surface area contributed by atoms with Crippen LogP contribution in [-0.2, 0) is 4.79 Å². The van der Waals surface area contributed by atoms with Crippen molar-refractivity contribution < 1.29 is 14.6 Å². The SMILES string of the molecule is Cc1cc(OCC(=O)N2CCC[C@H]2CO)ccc1Cl. The number of aliphatic hydroxyl groups excluding tert-OH is 1. The largest absolute Gasteiger partial charge is 0.484 e. The van der Waals surface area contributed by atoms with Crippen LogP contribution in [0.25, 0.3) is 0 Å². The molecule has 104 valence electrons. The number of ether oxygens (including phenoxy) is 1. The number of carbonyl (C=O) groups excluding carboxylic acids is 1. The molecule has 1 amide bonds. The molecule has 1 aromatic rings. The summed E-state index contributed by atoms with van der Waals surface area (Å²) in [5.41, 5.74) is 0.918. The van der Waals surface area contributed by atoms with Gasteiger partial charge in [0.1, 0.15) is 5.75 Å². The van der Waals surface area contributed by atoms with Gasteiger partial charge in [0.15, 0.2) is 6.61 Å². The molecule has 0 aliphatic carbocycles. The predicted octanol–water partition coefficient (Wildman–Crippen LogP) is 2.01. The topological polar surface area (TPSA) is 49.8 Å². The normalized spacial score (nSPS) is 18.7. The highest BCUT2D eigenvalue weighted by molar-refractivity contribution is 6.31. The Morgan fingerprint density at radius 2 is 2.37 bits per heavy atom. The molecule has 4 nitrogen and oxygen atoms in total. The number of aryl methyl sites for hydroxylation is 1. The zero-order valence-electron chi connectivity index (χ0n) is 10.9. The summed E-state index contributed by atoms with van der Waals surface area (Å²) in [6, 6.07) is 5.26. The zero-order chi connectivity index (χ0) is 13.8. The summed E-state index contributed by atoms with van der Waals surface area (Å²) in [5, 5.41) is 9.87. The monoisotopic (exact) mass is 283 g/mol. The Labute approximate surface area is 117 Å². The molecule has 0 unspecified atom stereocenters. The van der Waals surface area contributed by atoms with E-state index in [4.69, 9.17) is 16.3 Å². The molecule has 0 radical (unpaired) electrons. The van der Waals surface area contributed by atoms with Crippen molar-refractivity contribution in [3.8, 4) is 5.75 Å². The molecule has 1 heterocycles. The molecule has 2 rings (SSSR count). The number of rotatable bonds is 4. The van der Waals surface area contributed by atoms with E-state index >= 15 is 0 Å². The molecule has 1 fully saturated rings. The van der Waals surface area contributed by atoms with E-state index in [2.05, 4.69) is 0 Å². The van der Waals surface area contributed by atoms with Crippen LogP contribution >= 0.6 is 11.6 Å². The number of benzene rings is 1. The van der Waals surface area contributed by atoms with E-state index in [0.717, 1.165) is 18.4 Å². The minimum Gasteiger partial charge on any atom is -0.484 e. The van der Waals surface area contributed by atoms with Crippen molar-refractivity contribution in [3.05, 3.63) is 28.8 Å². The van der Waals surface area contributed by atoms with Gasteiger partial charge in [0, 0.05) is 11.6 Å². The van der Waals surface area contributed by atoms with Crippen LogP contribution in [0.5, 0.6) is 5.75 Å². The van der Waals surface area contributed by atoms with Crippen molar-refractivity contribution in [2.75, 3.05) is 19.8 Å². The van der Waals surface area contributed by atoms with E-state index in [1.807, 2.05) is 13.0 Å². The number of amides is 1. The van der Waals surface area contributed by atoms with E-state index in [1.165, 1.54) is 0 Å². The molecule has 0 bridgehead atoms. The van der Waals surface area contributed by atoms with Crippen LogP contribution in [0.15, 0.2) is 18.2 Å². The van der Waals surface area contributed by atoms with Crippen molar-refractivity contribution in [2.24, 2.45) is 0 Å². The second kappa shape index (κ2) is 6.26. The second-order valence-corrected chi connectivity index (χ2v) is 5.17. The number of halogens is 1. The smallest absolute Gasteiger partial charge is 0.260 e. The van der Waals surface area contributed by atoms with Gasteiger partial charge >= 0.3 is 0 Å².